The number of rotatable bonds is 11. The van der Waals surface area contributed by atoms with Gasteiger partial charge in [0, 0.05) is 62.0 Å². The Bertz CT molecular complexity index is 810. The Morgan fingerprint density at radius 2 is 1.87 bits per heavy atom. The van der Waals surface area contributed by atoms with Gasteiger partial charge in [0.15, 0.2) is 11.5 Å². The molecule has 2 heterocycles. The molecule has 0 bridgehead atoms. The molecule has 3 rings (SSSR count). The summed E-state index contributed by atoms with van der Waals surface area (Å²) in [5.41, 5.74) is 3.11. The summed E-state index contributed by atoms with van der Waals surface area (Å²) in [6.07, 6.45) is 0.274. The number of benzene rings is 1. The first kappa shape index (κ1) is 23.8. The smallest absolute Gasteiger partial charge is 0.161 e. The SMILES string of the molecule is COc1cc(CNCCc2nc(C)cc(C)n2)ccc1OC[C@H](O)CN1CCSCC1. The normalized spacial score (nSPS) is 15.6. The minimum absolute atomic E-state index is 0.257. The van der Waals surface area contributed by atoms with Crippen LogP contribution in [-0.4, -0.2) is 77.5 Å². The molecule has 170 valence electrons. The van der Waals surface area contributed by atoms with Gasteiger partial charge in [-0.15, -0.1) is 0 Å². The summed E-state index contributed by atoms with van der Waals surface area (Å²) in [6, 6.07) is 7.89. The molecule has 0 unspecified atom stereocenters. The summed E-state index contributed by atoms with van der Waals surface area (Å²) in [4.78, 5) is 11.2. The van der Waals surface area contributed by atoms with Crippen LogP contribution in [0.15, 0.2) is 24.3 Å². The van der Waals surface area contributed by atoms with Crippen LogP contribution < -0.4 is 14.8 Å². The number of thioether (sulfide) groups is 1. The summed E-state index contributed by atoms with van der Waals surface area (Å²) in [7, 11) is 1.64. The Morgan fingerprint density at radius 3 is 2.58 bits per heavy atom. The van der Waals surface area contributed by atoms with E-state index in [9.17, 15) is 5.11 Å². The Kier molecular flexibility index (Phi) is 9.39. The molecule has 1 fully saturated rings. The van der Waals surface area contributed by atoms with Crippen LogP contribution >= 0.6 is 11.8 Å². The van der Waals surface area contributed by atoms with Crippen LogP contribution in [0.3, 0.4) is 0 Å². The van der Waals surface area contributed by atoms with Gasteiger partial charge in [-0.2, -0.15) is 11.8 Å². The van der Waals surface area contributed by atoms with Crippen molar-refractivity contribution in [1.82, 2.24) is 20.2 Å². The zero-order valence-corrected chi connectivity index (χ0v) is 19.6. The number of aliphatic hydroxyl groups excluding tert-OH is 1. The van der Waals surface area contributed by atoms with Crippen molar-refractivity contribution in [3.8, 4) is 11.5 Å². The van der Waals surface area contributed by atoms with Crippen LogP contribution in [0.25, 0.3) is 0 Å². The lowest BCUT2D eigenvalue weighted by atomic mass is 10.2. The third kappa shape index (κ3) is 7.96. The van der Waals surface area contributed by atoms with E-state index in [4.69, 9.17) is 9.47 Å². The predicted molar refractivity (Wildman–Crippen MR) is 125 cm³/mol. The molecular formula is C23H34N4O3S. The first-order chi connectivity index (χ1) is 15.0. The minimum atomic E-state index is -0.512. The van der Waals surface area contributed by atoms with E-state index < -0.39 is 6.10 Å². The van der Waals surface area contributed by atoms with Crippen molar-refractivity contribution in [2.45, 2.75) is 32.9 Å². The lowest BCUT2D eigenvalue weighted by Crippen LogP contribution is -2.40. The van der Waals surface area contributed by atoms with Crippen LogP contribution in [0.4, 0.5) is 0 Å². The summed E-state index contributed by atoms with van der Waals surface area (Å²) < 4.78 is 11.4. The largest absolute Gasteiger partial charge is 0.493 e. The highest BCUT2D eigenvalue weighted by molar-refractivity contribution is 7.99. The number of nitrogens with one attached hydrogen (secondary N) is 1. The van der Waals surface area contributed by atoms with Crippen molar-refractivity contribution in [3.05, 3.63) is 47.0 Å². The molecule has 0 aliphatic carbocycles. The third-order valence-corrected chi connectivity index (χ3v) is 6.06. The van der Waals surface area contributed by atoms with Gasteiger partial charge in [-0.25, -0.2) is 9.97 Å². The number of nitrogens with zero attached hydrogens (tertiary/aromatic N) is 3. The van der Waals surface area contributed by atoms with Crippen LogP contribution in [0.1, 0.15) is 22.8 Å². The molecule has 0 spiro atoms. The Labute approximate surface area is 189 Å². The molecule has 7 nitrogen and oxygen atoms in total. The van der Waals surface area contributed by atoms with Crippen LogP contribution in [0, 0.1) is 13.8 Å². The molecule has 8 heteroatoms. The fourth-order valence-corrected chi connectivity index (χ4v) is 4.58. The maximum atomic E-state index is 10.3. The Hall–Kier alpha value is -1.87. The number of methoxy groups -OCH3 is 1. The van der Waals surface area contributed by atoms with Gasteiger partial charge in [0.2, 0.25) is 0 Å². The van der Waals surface area contributed by atoms with Crippen molar-refractivity contribution >= 4 is 11.8 Å². The van der Waals surface area contributed by atoms with Crippen LogP contribution in [-0.2, 0) is 13.0 Å². The molecule has 0 amide bonds. The highest BCUT2D eigenvalue weighted by Gasteiger charge is 2.16. The van der Waals surface area contributed by atoms with Gasteiger partial charge in [-0.3, -0.25) is 4.90 Å². The second-order valence-corrected chi connectivity index (χ2v) is 9.08. The van der Waals surface area contributed by atoms with Gasteiger partial charge in [0.05, 0.1) is 7.11 Å². The summed E-state index contributed by atoms with van der Waals surface area (Å²) in [6.45, 7) is 8.47. The van der Waals surface area contributed by atoms with E-state index in [0.29, 0.717) is 18.0 Å². The number of aryl methyl sites for hydroxylation is 2. The molecule has 1 saturated heterocycles. The average Bonchev–Trinajstić information content (AvgIpc) is 2.75. The lowest BCUT2D eigenvalue weighted by molar-refractivity contribution is 0.0705. The van der Waals surface area contributed by atoms with Crippen molar-refractivity contribution in [2.24, 2.45) is 0 Å². The highest BCUT2D eigenvalue weighted by Crippen LogP contribution is 2.28. The topological polar surface area (TPSA) is 79.7 Å². The molecule has 31 heavy (non-hydrogen) atoms. The zero-order valence-electron chi connectivity index (χ0n) is 18.8. The zero-order chi connectivity index (χ0) is 22.1. The van der Waals surface area contributed by atoms with Gasteiger partial charge in [-0.1, -0.05) is 6.07 Å². The van der Waals surface area contributed by atoms with E-state index in [-0.39, 0.29) is 6.61 Å². The maximum absolute atomic E-state index is 10.3. The van der Waals surface area contributed by atoms with E-state index in [0.717, 1.165) is 66.9 Å². The maximum Gasteiger partial charge on any atom is 0.161 e. The first-order valence-corrected chi connectivity index (χ1v) is 12.0. The van der Waals surface area contributed by atoms with E-state index in [1.54, 1.807) is 7.11 Å². The van der Waals surface area contributed by atoms with Gasteiger partial charge >= 0.3 is 0 Å². The molecule has 0 saturated carbocycles. The Balaban J connectivity index is 1.44. The molecular weight excluding hydrogens is 412 g/mol. The molecule has 2 N–H and O–H groups in total. The molecule has 0 radical (unpaired) electrons. The number of β-amino-alcohol motifs (C(OH)–C–C–N with tert-alkyl or cyclic N) is 1. The fourth-order valence-electron chi connectivity index (χ4n) is 3.61. The minimum Gasteiger partial charge on any atom is -0.493 e. The second-order valence-electron chi connectivity index (χ2n) is 7.86. The average molecular weight is 447 g/mol. The van der Waals surface area contributed by atoms with Crippen LogP contribution in [0.5, 0.6) is 11.5 Å². The molecule has 1 aliphatic rings. The van der Waals surface area contributed by atoms with Gasteiger partial charge in [0.25, 0.3) is 0 Å². The third-order valence-electron chi connectivity index (χ3n) is 5.12. The quantitative estimate of drug-likeness (QED) is 0.509. The highest BCUT2D eigenvalue weighted by atomic mass is 32.2. The van der Waals surface area contributed by atoms with Crippen molar-refractivity contribution in [1.29, 1.82) is 0 Å². The van der Waals surface area contributed by atoms with Crippen molar-refractivity contribution in [3.63, 3.8) is 0 Å². The first-order valence-electron chi connectivity index (χ1n) is 10.8. The number of ether oxygens (including phenoxy) is 2. The van der Waals surface area contributed by atoms with Gasteiger partial charge < -0.3 is 19.9 Å². The van der Waals surface area contributed by atoms with Gasteiger partial charge in [0.1, 0.15) is 18.5 Å². The van der Waals surface area contributed by atoms with E-state index in [2.05, 4.69) is 20.2 Å². The predicted octanol–water partition coefficient (Wildman–Crippen LogP) is 2.22. The summed E-state index contributed by atoms with van der Waals surface area (Å²) in [5.74, 6) is 4.47. The van der Waals surface area contributed by atoms with Crippen molar-refractivity contribution in [2.75, 3.05) is 51.4 Å². The number of hydrogen-bond donors (Lipinski definition) is 2. The molecule has 1 aromatic heterocycles. The molecule has 2 aromatic rings. The van der Waals surface area contributed by atoms with Gasteiger partial charge in [-0.05, 0) is 37.6 Å². The fraction of sp³-hybridized carbons (Fsp3) is 0.565. The van der Waals surface area contributed by atoms with E-state index >= 15 is 0 Å². The van der Waals surface area contributed by atoms with E-state index in [1.165, 1.54) is 0 Å². The van der Waals surface area contributed by atoms with E-state index in [1.807, 2.05) is 49.9 Å². The molecule has 1 atom stereocenters. The Morgan fingerprint density at radius 1 is 1.13 bits per heavy atom. The monoisotopic (exact) mass is 446 g/mol. The molecule has 1 aliphatic heterocycles. The second kappa shape index (κ2) is 12.2. The van der Waals surface area contributed by atoms with Crippen LogP contribution in [0.2, 0.25) is 0 Å². The summed E-state index contributed by atoms with van der Waals surface area (Å²) in [5, 5.41) is 13.7. The lowest BCUT2D eigenvalue weighted by Gasteiger charge is -2.28. The summed E-state index contributed by atoms with van der Waals surface area (Å²) >= 11 is 1.97. The number of hydrogen-bond acceptors (Lipinski definition) is 8. The standard InChI is InChI=1S/C23H34N4O3S/c1-17-12-18(2)26-23(25-17)6-7-24-14-19-4-5-21(22(13-19)29-3)30-16-20(28)15-27-8-10-31-11-9-27/h4-5,12-13,20,24,28H,6-11,14-16H2,1-3H3/t20-/m1/s1. The molecule has 1 aromatic carbocycles. The number of aromatic nitrogens is 2. The van der Waals surface area contributed by atoms with Crippen molar-refractivity contribution < 1.29 is 14.6 Å². The number of aliphatic hydroxyl groups is 1.